The normalized spacial score (nSPS) is 28.4. The third-order valence-electron chi connectivity index (χ3n) is 5.29. The maximum absolute atomic E-state index is 12.4. The van der Waals surface area contributed by atoms with Crippen LogP contribution in [-0.2, 0) is 4.79 Å². The molecule has 0 bridgehead atoms. The number of carbonyl (C=O) groups is 2. The van der Waals surface area contributed by atoms with E-state index in [4.69, 9.17) is 0 Å². The minimum absolute atomic E-state index is 0.137. The molecule has 0 aromatic carbocycles. The van der Waals surface area contributed by atoms with Crippen LogP contribution in [0.15, 0.2) is 0 Å². The topological polar surface area (TPSA) is 69.6 Å². The number of piperidine rings is 1. The molecule has 21 heavy (non-hydrogen) atoms. The Morgan fingerprint density at radius 3 is 2.52 bits per heavy atom. The number of rotatable bonds is 4. The quantitative estimate of drug-likeness (QED) is 0.838. The molecule has 1 heterocycles. The lowest BCUT2D eigenvalue weighted by Crippen LogP contribution is -2.55. The number of nitrogens with zero attached hydrogens (tertiary/aromatic N) is 1. The number of hydrogen-bond acceptors (Lipinski definition) is 2. The first-order valence-electron chi connectivity index (χ1n) is 8.32. The summed E-state index contributed by atoms with van der Waals surface area (Å²) in [6.07, 6.45) is 7.29. The van der Waals surface area contributed by atoms with Crippen LogP contribution in [0, 0.1) is 11.8 Å². The fourth-order valence-electron chi connectivity index (χ4n) is 3.74. The standard InChI is InChI=1S/C16H28N2O3/c1-3-12-8-9-18(14(10-12)15(19)20)16(21)17-11(2)13-6-4-5-7-13/h11-14H,3-10H2,1-2H3,(H,17,21)(H,19,20). The second-order valence-corrected chi connectivity index (χ2v) is 6.63. The summed E-state index contributed by atoms with van der Waals surface area (Å²) in [5, 5.41) is 12.4. The molecule has 1 aliphatic heterocycles. The summed E-state index contributed by atoms with van der Waals surface area (Å²) in [7, 11) is 0. The van der Waals surface area contributed by atoms with Crippen molar-refractivity contribution >= 4 is 12.0 Å². The number of carboxylic acids is 1. The third-order valence-corrected chi connectivity index (χ3v) is 5.29. The molecule has 3 atom stereocenters. The molecule has 1 saturated carbocycles. The highest BCUT2D eigenvalue weighted by Crippen LogP contribution is 2.29. The SMILES string of the molecule is CCC1CCN(C(=O)NC(C)C2CCCC2)C(C(=O)O)C1. The number of likely N-dealkylation sites (tertiary alicyclic amines) is 1. The van der Waals surface area contributed by atoms with Crippen molar-refractivity contribution in [1.29, 1.82) is 0 Å². The fraction of sp³-hybridized carbons (Fsp3) is 0.875. The molecule has 2 N–H and O–H groups in total. The second-order valence-electron chi connectivity index (χ2n) is 6.63. The molecule has 2 rings (SSSR count). The summed E-state index contributed by atoms with van der Waals surface area (Å²) in [6, 6.07) is -0.728. The van der Waals surface area contributed by atoms with Gasteiger partial charge in [-0.05, 0) is 44.4 Å². The van der Waals surface area contributed by atoms with Crippen LogP contribution in [0.5, 0.6) is 0 Å². The van der Waals surface area contributed by atoms with E-state index in [0.29, 0.717) is 24.8 Å². The Hall–Kier alpha value is -1.26. The Labute approximate surface area is 127 Å². The minimum atomic E-state index is -0.878. The summed E-state index contributed by atoms with van der Waals surface area (Å²) in [5.74, 6) is 0.0876. The lowest BCUT2D eigenvalue weighted by molar-refractivity contribution is -0.144. The van der Waals surface area contributed by atoms with Gasteiger partial charge < -0.3 is 15.3 Å². The average molecular weight is 296 g/mol. The molecule has 0 radical (unpaired) electrons. The largest absolute Gasteiger partial charge is 0.480 e. The molecule has 2 amide bonds. The molecule has 5 heteroatoms. The summed E-state index contributed by atoms with van der Waals surface area (Å²) in [4.78, 5) is 25.4. The van der Waals surface area contributed by atoms with Gasteiger partial charge >= 0.3 is 12.0 Å². The van der Waals surface area contributed by atoms with Crippen molar-refractivity contribution in [2.75, 3.05) is 6.54 Å². The molecule has 1 saturated heterocycles. The van der Waals surface area contributed by atoms with Gasteiger partial charge in [0, 0.05) is 12.6 Å². The average Bonchev–Trinajstić information content (AvgIpc) is 3.00. The number of hydrogen-bond donors (Lipinski definition) is 2. The number of nitrogens with one attached hydrogen (secondary N) is 1. The molecule has 0 aromatic heterocycles. The van der Waals surface area contributed by atoms with Gasteiger partial charge in [0.05, 0.1) is 0 Å². The highest BCUT2D eigenvalue weighted by atomic mass is 16.4. The third kappa shape index (κ3) is 3.89. The van der Waals surface area contributed by atoms with Gasteiger partial charge in [0.15, 0.2) is 0 Å². The van der Waals surface area contributed by atoms with Gasteiger partial charge in [0.1, 0.15) is 6.04 Å². The van der Waals surface area contributed by atoms with Gasteiger partial charge in [0.25, 0.3) is 0 Å². The van der Waals surface area contributed by atoms with Crippen molar-refractivity contribution < 1.29 is 14.7 Å². The first-order valence-corrected chi connectivity index (χ1v) is 8.32. The van der Waals surface area contributed by atoms with E-state index in [-0.39, 0.29) is 12.1 Å². The predicted octanol–water partition coefficient (Wildman–Crippen LogP) is 2.85. The van der Waals surface area contributed by atoms with Crippen molar-refractivity contribution in [3.05, 3.63) is 0 Å². The number of urea groups is 1. The molecule has 2 fully saturated rings. The fourth-order valence-corrected chi connectivity index (χ4v) is 3.74. The van der Waals surface area contributed by atoms with E-state index in [1.807, 2.05) is 6.92 Å². The molecular weight excluding hydrogens is 268 g/mol. The van der Waals surface area contributed by atoms with Crippen LogP contribution in [0.1, 0.15) is 58.8 Å². The maximum atomic E-state index is 12.4. The lowest BCUT2D eigenvalue weighted by atomic mass is 9.89. The highest BCUT2D eigenvalue weighted by molar-refractivity contribution is 5.83. The Morgan fingerprint density at radius 2 is 1.95 bits per heavy atom. The first-order chi connectivity index (χ1) is 10.0. The van der Waals surface area contributed by atoms with E-state index >= 15 is 0 Å². The zero-order chi connectivity index (χ0) is 15.4. The van der Waals surface area contributed by atoms with Crippen LogP contribution in [0.25, 0.3) is 0 Å². The van der Waals surface area contributed by atoms with Crippen LogP contribution in [-0.4, -0.2) is 40.6 Å². The molecule has 2 aliphatic rings. The maximum Gasteiger partial charge on any atom is 0.326 e. The van der Waals surface area contributed by atoms with Gasteiger partial charge in [-0.2, -0.15) is 0 Å². The van der Waals surface area contributed by atoms with Gasteiger partial charge in [-0.1, -0.05) is 26.2 Å². The van der Waals surface area contributed by atoms with Gasteiger partial charge in [-0.25, -0.2) is 9.59 Å². The zero-order valence-electron chi connectivity index (χ0n) is 13.2. The van der Waals surface area contributed by atoms with Crippen molar-refractivity contribution in [3.8, 4) is 0 Å². The summed E-state index contributed by atoms with van der Waals surface area (Å²) < 4.78 is 0. The van der Waals surface area contributed by atoms with Crippen LogP contribution in [0.2, 0.25) is 0 Å². The van der Waals surface area contributed by atoms with Crippen molar-refractivity contribution in [1.82, 2.24) is 10.2 Å². The second kappa shape index (κ2) is 7.14. The van der Waals surface area contributed by atoms with Crippen molar-refractivity contribution in [2.45, 2.75) is 70.9 Å². The van der Waals surface area contributed by atoms with E-state index in [1.165, 1.54) is 30.6 Å². The van der Waals surface area contributed by atoms with E-state index in [9.17, 15) is 14.7 Å². The number of carbonyl (C=O) groups excluding carboxylic acids is 1. The number of amides is 2. The first kappa shape index (κ1) is 16.1. The minimum Gasteiger partial charge on any atom is -0.480 e. The molecule has 5 nitrogen and oxygen atoms in total. The van der Waals surface area contributed by atoms with E-state index in [1.54, 1.807) is 0 Å². The van der Waals surface area contributed by atoms with Gasteiger partial charge in [-0.15, -0.1) is 0 Å². The van der Waals surface area contributed by atoms with Crippen molar-refractivity contribution in [2.24, 2.45) is 11.8 Å². The molecule has 3 unspecified atom stereocenters. The van der Waals surface area contributed by atoms with Gasteiger partial charge in [-0.3, -0.25) is 0 Å². The highest BCUT2D eigenvalue weighted by Gasteiger charge is 2.36. The van der Waals surface area contributed by atoms with E-state index in [0.717, 1.165) is 12.8 Å². The zero-order valence-corrected chi connectivity index (χ0v) is 13.2. The summed E-state index contributed by atoms with van der Waals surface area (Å²) >= 11 is 0. The molecular formula is C16H28N2O3. The Bertz CT molecular complexity index is 380. The van der Waals surface area contributed by atoms with Crippen LogP contribution in [0.4, 0.5) is 4.79 Å². The van der Waals surface area contributed by atoms with E-state index < -0.39 is 12.0 Å². The molecule has 0 spiro atoms. The molecule has 120 valence electrons. The summed E-state index contributed by atoms with van der Waals surface area (Å²) in [5.41, 5.74) is 0. The number of carboxylic acid groups (broad SMARTS) is 1. The predicted molar refractivity (Wildman–Crippen MR) is 81.1 cm³/mol. The Morgan fingerprint density at radius 1 is 1.29 bits per heavy atom. The number of aliphatic carboxylic acids is 1. The lowest BCUT2D eigenvalue weighted by Gasteiger charge is -2.37. The molecule has 0 aromatic rings. The van der Waals surface area contributed by atoms with Crippen LogP contribution < -0.4 is 5.32 Å². The monoisotopic (exact) mass is 296 g/mol. The molecule has 1 aliphatic carbocycles. The summed E-state index contributed by atoms with van der Waals surface area (Å²) in [6.45, 7) is 4.68. The Balaban J connectivity index is 1.94. The van der Waals surface area contributed by atoms with Crippen LogP contribution >= 0.6 is 0 Å². The Kier molecular flexibility index (Phi) is 5.48. The van der Waals surface area contributed by atoms with Gasteiger partial charge in [0.2, 0.25) is 0 Å². The smallest absolute Gasteiger partial charge is 0.326 e. The van der Waals surface area contributed by atoms with Crippen molar-refractivity contribution in [3.63, 3.8) is 0 Å². The van der Waals surface area contributed by atoms with E-state index in [2.05, 4.69) is 12.2 Å². The van der Waals surface area contributed by atoms with Crippen LogP contribution in [0.3, 0.4) is 0 Å².